The summed E-state index contributed by atoms with van der Waals surface area (Å²) in [5, 5.41) is 1.00. The number of aromatic nitrogens is 1. The molecule has 0 atom stereocenters. The number of pyridine rings is 1. The Balaban J connectivity index is 1.11. The minimum atomic E-state index is -4.53. The van der Waals surface area contributed by atoms with E-state index < -0.39 is 21.8 Å². The molecule has 2 aliphatic heterocycles. The second-order valence-electron chi connectivity index (χ2n) is 11.5. The Morgan fingerprint density at radius 2 is 1.43 bits per heavy atom. The number of nitrogens with zero attached hydrogens (tertiary/aromatic N) is 5. The highest BCUT2D eigenvalue weighted by Crippen LogP contribution is 2.31. The van der Waals surface area contributed by atoms with Gasteiger partial charge in [-0.1, -0.05) is 18.2 Å². The molecule has 8 nitrogen and oxygen atoms in total. The molecule has 240 valence electrons. The number of ketones is 1. The predicted molar refractivity (Wildman–Crippen MR) is 174 cm³/mol. The van der Waals surface area contributed by atoms with Crippen molar-refractivity contribution >= 4 is 44.3 Å². The molecule has 2 aliphatic rings. The number of halogens is 3. The first-order valence-electron chi connectivity index (χ1n) is 15.1. The third-order valence-corrected chi connectivity index (χ3v) is 10.4. The zero-order valence-corrected chi connectivity index (χ0v) is 26.1. The average molecular weight is 650 g/mol. The van der Waals surface area contributed by atoms with Crippen LogP contribution in [-0.2, 0) is 16.2 Å². The molecule has 0 N–H and O–H groups in total. The van der Waals surface area contributed by atoms with Gasteiger partial charge >= 0.3 is 6.18 Å². The Labute approximate surface area is 266 Å². The normalized spacial score (nSPS) is 17.2. The minimum absolute atomic E-state index is 0.142. The van der Waals surface area contributed by atoms with Crippen molar-refractivity contribution in [2.45, 2.75) is 11.1 Å². The quantitative estimate of drug-likeness (QED) is 0.196. The first-order valence-corrected chi connectivity index (χ1v) is 16.5. The molecule has 6 rings (SSSR count). The molecule has 2 saturated heterocycles. The molecule has 0 amide bonds. The van der Waals surface area contributed by atoms with Gasteiger partial charge in [-0.15, -0.1) is 0 Å². The number of benzene rings is 3. The number of anilines is 2. The van der Waals surface area contributed by atoms with Gasteiger partial charge in [-0.2, -0.15) is 17.5 Å². The number of piperazine rings is 2. The van der Waals surface area contributed by atoms with Gasteiger partial charge in [0, 0.05) is 74.6 Å². The maximum absolute atomic E-state index is 13.2. The van der Waals surface area contributed by atoms with E-state index in [9.17, 15) is 26.4 Å². The van der Waals surface area contributed by atoms with E-state index in [1.54, 1.807) is 18.2 Å². The Kier molecular flexibility index (Phi) is 8.86. The fourth-order valence-corrected chi connectivity index (χ4v) is 7.19. The van der Waals surface area contributed by atoms with Crippen molar-refractivity contribution in [3.05, 3.63) is 102 Å². The van der Waals surface area contributed by atoms with Crippen molar-refractivity contribution in [3.8, 4) is 0 Å². The van der Waals surface area contributed by atoms with Gasteiger partial charge in [-0.05, 0) is 79.9 Å². The second-order valence-corrected chi connectivity index (χ2v) is 13.5. The van der Waals surface area contributed by atoms with Crippen LogP contribution in [0.4, 0.5) is 24.7 Å². The van der Waals surface area contributed by atoms with E-state index in [2.05, 4.69) is 22.9 Å². The third kappa shape index (κ3) is 6.79. The van der Waals surface area contributed by atoms with Crippen molar-refractivity contribution in [3.63, 3.8) is 0 Å². The molecule has 3 heterocycles. The number of sulfonamides is 1. The summed E-state index contributed by atoms with van der Waals surface area (Å²) in [5.41, 5.74) is 2.28. The van der Waals surface area contributed by atoms with Crippen LogP contribution in [-0.4, -0.2) is 87.8 Å². The number of alkyl halides is 3. The lowest BCUT2D eigenvalue weighted by atomic mass is 10.1. The summed E-state index contributed by atoms with van der Waals surface area (Å²) in [5.74, 6) is 0.724. The first-order chi connectivity index (χ1) is 22.0. The third-order valence-electron chi connectivity index (χ3n) is 8.52. The summed E-state index contributed by atoms with van der Waals surface area (Å²) in [6.07, 6.45) is -1.13. The van der Waals surface area contributed by atoms with Crippen LogP contribution in [0, 0.1) is 0 Å². The highest BCUT2D eigenvalue weighted by atomic mass is 32.2. The molecule has 3 aromatic carbocycles. The number of likely N-dealkylation sites (N-methyl/N-ethyl adjacent to an activating group) is 1. The van der Waals surface area contributed by atoms with Crippen LogP contribution in [0.3, 0.4) is 0 Å². The standard InChI is InChI=1S/C34H34F3N5O3S/c1-39-16-18-41(19-17-39)33-27(24-26-4-2-3-5-31(26)38-33)8-15-32(43)25-6-11-29(12-7-25)40-20-22-42(23-21-40)46(44,45)30-13-9-28(10-14-30)34(35,36)37/h2-15,24H,16-23H2,1H3/b15-8+. The molecule has 4 aromatic rings. The molecule has 1 aromatic heterocycles. The van der Waals surface area contributed by atoms with Gasteiger partial charge < -0.3 is 14.7 Å². The number of rotatable bonds is 7. The van der Waals surface area contributed by atoms with E-state index in [1.807, 2.05) is 47.4 Å². The number of fused-ring (bicyclic) bond motifs is 1. The van der Waals surface area contributed by atoms with Crippen LogP contribution in [0.5, 0.6) is 0 Å². The van der Waals surface area contributed by atoms with E-state index in [0.717, 1.165) is 78.4 Å². The van der Waals surface area contributed by atoms with Crippen LogP contribution in [0.1, 0.15) is 21.5 Å². The van der Waals surface area contributed by atoms with E-state index in [4.69, 9.17) is 4.98 Å². The molecule has 0 unspecified atom stereocenters. The molecular formula is C34H34F3N5O3S. The summed E-state index contributed by atoms with van der Waals surface area (Å²) in [4.78, 5) is 24.5. The zero-order valence-electron chi connectivity index (χ0n) is 25.3. The number of hydrogen-bond donors (Lipinski definition) is 0. The van der Waals surface area contributed by atoms with Crippen LogP contribution < -0.4 is 9.80 Å². The van der Waals surface area contributed by atoms with Gasteiger partial charge in [0.25, 0.3) is 0 Å². The smallest absolute Gasteiger partial charge is 0.369 e. The Morgan fingerprint density at radius 3 is 2.09 bits per heavy atom. The number of allylic oxidation sites excluding steroid dienone is 1. The summed E-state index contributed by atoms with van der Waals surface area (Å²) < 4.78 is 66.0. The SMILES string of the molecule is CN1CCN(c2nc3ccccc3cc2/C=C/C(=O)c2ccc(N3CCN(S(=O)(=O)c4ccc(C(F)(F)F)cc4)CC3)cc2)CC1. The molecule has 0 saturated carbocycles. The largest absolute Gasteiger partial charge is 0.416 e. The van der Waals surface area contributed by atoms with E-state index in [1.165, 1.54) is 4.31 Å². The van der Waals surface area contributed by atoms with Crippen molar-refractivity contribution in [2.24, 2.45) is 0 Å². The molecule has 0 radical (unpaired) electrons. The monoisotopic (exact) mass is 649 g/mol. The molecule has 0 aliphatic carbocycles. The van der Waals surface area contributed by atoms with Gasteiger partial charge in [0.05, 0.1) is 16.0 Å². The molecular weight excluding hydrogens is 615 g/mol. The minimum Gasteiger partial charge on any atom is -0.369 e. The second kappa shape index (κ2) is 12.9. The van der Waals surface area contributed by atoms with E-state index >= 15 is 0 Å². The van der Waals surface area contributed by atoms with Gasteiger partial charge in [0.15, 0.2) is 5.78 Å². The summed E-state index contributed by atoms with van der Waals surface area (Å²) in [7, 11) is -1.82. The fourth-order valence-electron chi connectivity index (χ4n) is 5.77. The van der Waals surface area contributed by atoms with Crippen molar-refractivity contribution in [2.75, 3.05) is 69.2 Å². The van der Waals surface area contributed by atoms with Crippen molar-refractivity contribution in [1.82, 2.24) is 14.2 Å². The fraction of sp³-hybridized carbons (Fsp3) is 0.294. The molecule has 0 spiro atoms. The number of carbonyl (C=O) groups excluding carboxylic acids is 1. The average Bonchev–Trinajstić information content (AvgIpc) is 3.07. The molecule has 2 fully saturated rings. The predicted octanol–water partition coefficient (Wildman–Crippen LogP) is 5.41. The van der Waals surface area contributed by atoms with Crippen LogP contribution in [0.2, 0.25) is 0 Å². The van der Waals surface area contributed by atoms with Crippen LogP contribution >= 0.6 is 0 Å². The highest BCUT2D eigenvalue weighted by molar-refractivity contribution is 7.89. The number of para-hydroxylation sites is 1. The van der Waals surface area contributed by atoms with Crippen LogP contribution in [0.25, 0.3) is 17.0 Å². The summed E-state index contributed by atoms with van der Waals surface area (Å²) in [6, 6.07) is 20.8. The van der Waals surface area contributed by atoms with Crippen molar-refractivity contribution in [1.29, 1.82) is 0 Å². The Morgan fingerprint density at radius 1 is 0.804 bits per heavy atom. The van der Waals surface area contributed by atoms with Gasteiger partial charge in [0.2, 0.25) is 10.0 Å². The maximum atomic E-state index is 13.2. The lowest BCUT2D eigenvalue weighted by Gasteiger charge is -2.35. The van der Waals surface area contributed by atoms with E-state index in [0.29, 0.717) is 18.7 Å². The summed E-state index contributed by atoms with van der Waals surface area (Å²) in [6.45, 7) is 4.75. The van der Waals surface area contributed by atoms with E-state index in [-0.39, 0.29) is 23.8 Å². The highest BCUT2D eigenvalue weighted by Gasteiger charge is 2.32. The topological polar surface area (TPSA) is 77.1 Å². The van der Waals surface area contributed by atoms with Crippen LogP contribution in [0.15, 0.2) is 89.8 Å². The van der Waals surface area contributed by atoms with Gasteiger partial charge in [-0.25, -0.2) is 13.4 Å². The zero-order chi connectivity index (χ0) is 32.5. The molecule has 0 bridgehead atoms. The van der Waals surface area contributed by atoms with Crippen molar-refractivity contribution < 1.29 is 26.4 Å². The Hall–Kier alpha value is -4.26. The number of hydrogen-bond acceptors (Lipinski definition) is 7. The molecule has 46 heavy (non-hydrogen) atoms. The lowest BCUT2D eigenvalue weighted by Crippen LogP contribution is -2.48. The van der Waals surface area contributed by atoms with Gasteiger partial charge in [0.1, 0.15) is 5.82 Å². The first kappa shape index (κ1) is 31.7. The number of carbonyl (C=O) groups is 1. The van der Waals surface area contributed by atoms with Gasteiger partial charge in [-0.3, -0.25) is 4.79 Å². The molecule has 12 heteroatoms. The Bertz CT molecular complexity index is 1850. The lowest BCUT2D eigenvalue weighted by molar-refractivity contribution is -0.137. The summed E-state index contributed by atoms with van der Waals surface area (Å²) >= 11 is 0. The maximum Gasteiger partial charge on any atom is 0.416 e.